The maximum atomic E-state index is 5.65. The molecule has 1 saturated carbocycles. The second kappa shape index (κ2) is 10.6. The van der Waals surface area contributed by atoms with Crippen molar-refractivity contribution in [2.75, 3.05) is 27.3 Å². The van der Waals surface area contributed by atoms with Crippen LogP contribution in [0.15, 0.2) is 48.5 Å². The Morgan fingerprint density at radius 2 is 1.59 bits per heavy atom. The zero-order chi connectivity index (χ0) is 23.3. The number of benzene rings is 2. The van der Waals surface area contributed by atoms with Crippen molar-refractivity contribution in [2.24, 2.45) is 0 Å². The highest BCUT2D eigenvalue weighted by molar-refractivity contribution is 5.45. The predicted octanol–water partition coefficient (Wildman–Crippen LogP) is 5.16. The third kappa shape index (κ3) is 4.67. The first-order valence-electron chi connectivity index (χ1n) is 12.6. The summed E-state index contributed by atoms with van der Waals surface area (Å²) in [6.07, 6.45) is 8.33. The van der Waals surface area contributed by atoms with E-state index in [-0.39, 0.29) is 6.04 Å². The maximum absolute atomic E-state index is 5.65. The summed E-state index contributed by atoms with van der Waals surface area (Å²) in [6, 6.07) is 17.5. The predicted molar refractivity (Wildman–Crippen MR) is 131 cm³/mol. The lowest BCUT2D eigenvalue weighted by Crippen LogP contribution is -2.38. The smallest absolute Gasteiger partial charge is 0.173 e. The van der Waals surface area contributed by atoms with Gasteiger partial charge < -0.3 is 9.47 Å². The molecule has 0 N–H and O–H groups in total. The molecule has 2 aliphatic rings. The third-order valence-corrected chi connectivity index (χ3v) is 7.57. The Morgan fingerprint density at radius 1 is 0.853 bits per heavy atom. The molecule has 7 nitrogen and oxygen atoms in total. The Hall–Kier alpha value is -2.93. The topological polar surface area (TPSA) is 65.3 Å². The van der Waals surface area contributed by atoms with E-state index in [1.54, 1.807) is 14.2 Å². The van der Waals surface area contributed by atoms with Crippen LogP contribution in [0.3, 0.4) is 0 Å². The van der Waals surface area contributed by atoms with Crippen LogP contribution in [-0.2, 0) is 0 Å². The third-order valence-electron chi connectivity index (χ3n) is 7.57. The molecule has 5 rings (SSSR count). The van der Waals surface area contributed by atoms with Crippen LogP contribution in [0, 0.1) is 0 Å². The van der Waals surface area contributed by atoms with Crippen LogP contribution in [0.2, 0.25) is 0 Å². The van der Waals surface area contributed by atoms with Gasteiger partial charge in [-0.25, -0.2) is 4.68 Å². The lowest BCUT2D eigenvalue weighted by atomic mass is 9.88. The van der Waals surface area contributed by atoms with E-state index in [2.05, 4.69) is 67.6 Å². The van der Waals surface area contributed by atoms with Crippen molar-refractivity contribution in [2.45, 2.75) is 62.9 Å². The number of methoxy groups -OCH3 is 2. The lowest BCUT2D eigenvalue weighted by molar-refractivity contribution is 0.160. The summed E-state index contributed by atoms with van der Waals surface area (Å²) >= 11 is 0. The molecular weight excluding hydrogens is 426 g/mol. The van der Waals surface area contributed by atoms with Crippen LogP contribution in [0.4, 0.5) is 0 Å². The Bertz CT molecular complexity index is 1060. The molecule has 0 bridgehead atoms. The molecule has 2 fully saturated rings. The van der Waals surface area contributed by atoms with Crippen molar-refractivity contribution in [1.29, 1.82) is 0 Å². The number of likely N-dealkylation sites (tertiary alicyclic amines) is 1. The Morgan fingerprint density at radius 3 is 2.29 bits per heavy atom. The second-order valence-electron chi connectivity index (χ2n) is 9.51. The Kier molecular flexibility index (Phi) is 7.09. The van der Waals surface area contributed by atoms with Crippen LogP contribution in [0.5, 0.6) is 11.5 Å². The van der Waals surface area contributed by atoms with Gasteiger partial charge in [0.25, 0.3) is 0 Å². The van der Waals surface area contributed by atoms with Gasteiger partial charge in [-0.3, -0.25) is 4.90 Å². The van der Waals surface area contributed by atoms with Crippen LogP contribution in [0.1, 0.15) is 79.9 Å². The molecule has 1 atom stereocenters. The minimum Gasteiger partial charge on any atom is -0.493 e. The van der Waals surface area contributed by atoms with Gasteiger partial charge in [-0.05, 0) is 78.4 Å². The summed E-state index contributed by atoms with van der Waals surface area (Å²) in [5, 5.41) is 13.3. The number of hydrogen-bond acceptors (Lipinski definition) is 6. The molecule has 3 aromatic rings. The number of rotatable bonds is 7. The number of ether oxygens (including phenoxy) is 2. The fourth-order valence-electron chi connectivity index (χ4n) is 5.73. The SMILES string of the molecule is COc1ccc([C@@H](c2nnnn2C2CCCCC2)N2CCC(c3ccccc3)CC2)cc1OC. The van der Waals surface area contributed by atoms with Crippen molar-refractivity contribution in [3.05, 3.63) is 65.5 Å². The van der Waals surface area contributed by atoms with E-state index in [9.17, 15) is 0 Å². The van der Waals surface area contributed by atoms with E-state index < -0.39 is 0 Å². The quantitative estimate of drug-likeness (QED) is 0.484. The van der Waals surface area contributed by atoms with Gasteiger partial charge in [-0.2, -0.15) is 0 Å². The molecule has 0 unspecified atom stereocenters. The number of piperidine rings is 1. The Labute approximate surface area is 202 Å². The van der Waals surface area contributed by atoms with Crippen molar-refractivity contribution < 1.29 is 9.47 Å². The average molecular weight is 462 g/mol. The van der Waals surface area contributed by atoms with Crippen molar-refractivity contribution >= 4 is 0 Å². The fourth-order valence-corrected chi connectivity index (χ4v) is 5.73. The van der Waals surface area contributed by atoms with E-state index >= 15 is 0 Å². The van der Waals surface area contributed by atoms with Crippen molar-refractivity contribution in [3.63, 3.8) is 0 Å². The van der Waals surface area contributed by atoms with Gasteiger partial charge in [-0.1, -0.05) is 55.7 Å². The zero-order valence-electron chi connectivity index (χ0n) is 20.3. The molecular formula is C27H35N5O2. The molecule has 1 saturated heterocycles. The summed E-state index contributed by atoms with van der Waals surface area (Å²) in [7, 11) is 3.36. The molecule has 0 spiro atoms. The average Bonchev–Trinajstić information content (AvgIpc) is 3.39. The Balaban J connectivity index is 1.47. The molecule has 1 aromatic heterocycles. The van der Waals surface area contributed by atoms with E-state index in [0.717, 1.165) is 61.7 Å². The van der Waals surface area contributed by atoms with Crippen LogP contribution < -0.4 is 9.47 Å². The molecule has 2 aromatic carbocycles. The molecule has 34 heavy (non-hydrogen) atoms. The molecule has 0 amide bonds. The number of hydrogen-bond donors (Lipinski definition) is 0. The van der Waals surface area contributed by atoms with Gasteiger partial charge in [0.15, 0.2) is 17.3 Å². The van der Waals surface area contributed by atoms with Crippen LogP contribution in [0.25, 0.3) is 0 Å². The number of tetrazole rings is 1. The highest BCUT2D eigenvalue weighted by Gasteiger charge is 2.34. The van der Waals surface area contributed by atoms with E-state index in [1.165, 1.54) is 24.8 Å². The van der Waals surface area contributed by atoms with Crippen LogP contribution in [-0.4, -0.2) is 52.4 Å². The number of aromatic nitrogens is 4. The first kappa shape index (κ1) is 22.8. The van der Waals surface area contributed by atoms with E-state index in [1.807, 2.05) is 6.07 Å². The van der Waals surface area contributed by atoms with Crippen LogP contribution >= 0.6 is 0 Å². The summed E-state index contributed by atoms with van der Waals surface area (Å²) in [5.41, 5.74) is 2.58. The molecule has 1 aliphatic carbocycles. The minimum atomic E-state index is -0.0199. The second-order valence-corrected chi connectivity index (χ2v) is 9.51. The first-order chi connectivity index (χ1) is 16.8. The largest absolute Gasteiger partial charge is 0.493 e. The number of nitrogens with zero attached hydrogens (tertiary/aromatic N) is 5. The summed E-state index contributed by atoms with van der Waals surface area (Å²) in [6.45, 7) is 1.99. The molecule has 0 radical (unpaired) electrons. The molecule has 7 heteroatoms. The standard InChI is InChI=1S/C27H35N5O2/c1-33-24-14-13-22(19-25(24)34-2)26(27-28-29-30-32(27)23-11-7-4-8-12-23)31-17-15-21(16-18-31)20-9-5-3-6-10-20/h3,5-6,9-10,13-14,19,21,23,26H,4,7-8,11-12,15-18H2,1-2H3/t26-/m0/s1. The monoisotopic (exact) mass is 461 g/mol. The molecule has 180 valence electrons. The van der Waals surface area contributed by atoms with Gasteiger partial charge >= 0.3 is 0 Å². The highest BCUT2D eigenvalue weighted by atomic mass is 16.5. The minimum absolute atomic E-state index is 0.0199. The van der Waals surface area contributed by atoms with Crippen molar-refractivity contribution in [1.82, 2.24) is 25.1 Å². The fraction of sp³-hybridized carbons (Fsp3) is 0.519. The van der Waals surface area contributed by atoms with Gasteiger partial charge in [0, 0.05) is 0 Å². The normalized spacial score (nSPS) is 19.1. The van der Waals surface area contributed by atoms with E-state index in [4.69, 9.17) is 9.47 Å². The van der Waals surface area contributed by atoms with Gasteiger partial charge in [0.1, 0.15) is 0 Å². The van der Waals surface area contributed by atoms with Gasteiger partial charge in [0.2, 0.25) is 0 Å². The highest BCUT2D eigenvalue weighted by Crippen LogP contribution is 2.39. The van der Waals surface area contributed by atoms with E-state index in [0.29, 0.717) is 12.0 Å². The maximum Gasteiger partial charge on any atom is 0.173 e. The van der Waals surface area contributed by atoms with Gasteiger partial charge in [0.05, 0.1) is 26.3 Å². The summed E-state index contributed by atoms with van der Waals surface area (Å²) in [4.78, 5) is 2.55. The summed E-state index contributed by atoms with van der Waals surface area (Å²) < 4.78 is 13.3. The first-order valence-corrected chi connectivity index (χ1v) is 12.6. The zero-order valence-corrected chi connectivity index (χ0v) is 20.3. The molecule has 2 heterocycles. The van der Waals surface area contributed by atoms with Gasteiger partial charge in [-0.15, -0.1) is 5.10 Å². The lowest BCUT2D eigenvalue weighted by Gasteiger charge is -2.38. The summed E-state index contributed by atoms with van der Waals surface area (Å²) in [5.74, 6) is 3.01. The molecule has 1 aliphatic heterocycles. The van der Waals surface area contributed by atoms with Crippen molar-refractivity contribution in [3.8, 4) is 11.5 Å².